The number of unbranched alkanes of at least 4 members (excludes halogenated alkanes) is 1. The summed E-state index contributed by atoms with van der Waals surface area (Å²) in [6.07, 6.45) is 3.75. The highest BCUT2D eigenvalue weighted by Gasteiger charge is 2.22. The fraction of sp³-hybridized carbons (Fsp3) is 0.344. The van der Waals surface area contributed by atoms with Crippen molar-refractivity contribution in [1.82, 2.24) is 20.2 Å². The molecule has 2 heterocycles. The van der Waals surface area contributed by atoms with Gasteiger partial charge in [0.2, 0.25) is 0 Å². The Labute approximate surface area is 250 Å². The van der Waals surface area contributed by atoms with Crippen molar-refractivity contribution in [2.24, 2.45) is 0 Å². The predicted octanol–water partition coefficient (Wildman–Crippen LogP) is 5.84. The summed E-state index contributed by atoms with van der Waals surface area (Å²) < 4.78 is 10.9. The van der Waals surface area contributed by atoms with Crippen molar-refractivity contribution in [2.45, 2.75) is 45.8 Å². The van der Waals surface area contributed by atoms with E-state index in [1.165, 1.54) is 6.07 Å². The average Bonchev–Trinajstić information content (AvgIpc) is 2.98. The molecule has 43 heavy (non-hydrogen) atoms. The van der Waals surface area contributed by atoms with Crippen LogP contribution in [0.25, 0.3) is 21.7 Å². The molecule has 4 rings (SSSR count). The second-order valence-corrected chi connectivity index (χ2v) is 11.0. The smallest absolute Gasteiger partial charge is 0.410 e. The van der Waals surface area contributed by atoms with E-state index in [0.717, 1.165) is 21.7 Å². The molecule has 0 fully saturated rings. The second kappa shape index (κ2) is 14.3. The van der Waals surface area contributed by atoms with Crippen LogP contribution in [0, 0.1) is 0 Å². The van der Waals surface area contributed by atoms with Crippen LogP contribution in [0.15, 0.2) is 67.0 Å². The Bertz CT molecular complexity index is 1570. The molecular formula is C32H37N5O6. The minimum atomic E-state index is -1.03. The molecule has 4 aromatic rings. The van der Waals surface area contributed by atoms with Crippen LogP contribution >= 0.6 is 0 Å². The topological polar surface area (TPSA) is 143 Å². The van der Waals surface area contributed by atoms with Crippen LogP contribution in [0.1, 0.15) is 49.5 Å². The first-order chi connectivity index (χ1) is 20.6. The van der Waals surface area contributed by atoms with Crippen LogP contribution < -0.4 is 10.6 Å². The molecule has 0 radical (unpaired) electrons. The van der Waals surface area contributed by atoms with Gasteiger partial charge in [0.25, 0.3) is 0 Å². The van der Waals surface area contributed by atoms with E-state index in [2.05, 4.69) is 15.6 Å². The number of carboxylic acids is 1. The number of carboxylic acid groups (broad SMARTS) is 1. The van der Waals surface area contributed by atoms with Gasteiger partial charge in [0.15, 0.2) is 0 Å². The number of rotatable bonds is 12. The number of benzene rings is 2. The van der Waals surface area contributed by atoms with Gasteiger partial charge in [0.05, 0.1) is 11.1 Å². The minimum Gasteiger partial charge on any atom is -0.478 e. The third-order valence-corrected chi connectivity index (χ3v) is 6.51. The van der Waals surface area contributed by atoms with Crippen LogP contribution in [0.4, 0.5) is 15.4 Å². The van der Waals surface area contributed by atoms with Crippen molar-refractivity contribution in [2.75, 3.05) is 31.5 Å². The summed E-state index contributed by atoms with van der Waals surface area (Å²) in [7, 11) is 0. The summed E-state index contributed by atoms with van der Waals surface area (Å²) in [6.45, 7) is 7.19. The molecular weight excluding hydrogens is 550 g/mol. The molecule has 0 atom stereocenters. The molecule has 0 saturated heterocycles. The Balaban J connectivity index is 1.35. The van der Waals surface area contributed by atoms with Crippen molar-refractivity contribution in [3.05, 3.63) is 78.1 Å². The Hall–Kier alpha value is -4.93. The van der Waals surface area contributed by atoms with Crippen LogP contribution in [-0.4, -0.2) is 69.9 Å². The number of carbonyl (C=O) groups excluding carboxylic acids is 2. The minimum absolute atomic E-state index is 0.143. The predicted molar refractivity (Wildman–Crippen MR) is 164 cm³/mol. The molecule has 2 amide bonds. The molecule has 3 N–H and O–H groups in total. The summed E-state index contributed by atoms with van der Waals surface area (Å²) in [4.78, 5) is 47.1. The lowest BCUT2D eigenvalue weighted by Gasteiger charge is -2.27. The number of amides is 2. The van der Waals surface area contributed by atoms with E-state index >= 15 is 0 Å². The van der Waals surface area contributed by atoms with Gasteiger partial charge < -0.3 is 30.1 Å². The zero-order valence-corrected chi connectivity index (χ0v) is 24.6. The first-order valence-corrected chi connectivity index (χ1v) is 14.2. The maximum absolute atomic E-state index is 13.0. The molecule has 0 aliphatic carbocycles. The van der Waals surface area contributed by atoms with Gasteiger partial charge in [-0.25, -0.2) is 19.4 Å². The van der Waals surface area contributed by atoms with Crippen molar-refractivity contribution >= 4 is 45.6 Å². The summed E-state index contributed by atoms with van der Waals surface area (Å²) in [5, 5.41) is 18.0. The van der Waals surface area contributed by atoms with Crippen molar-refractivity contribution in [3.63, 3.8) is 0 Å². The van der Waals surface area contributed by atoms with Gasteiger partial charge in [-0.3, -0.25) is 4.98 Å². The Kier molecular flexibility index (Phi) is 10.3. The average molecular weight is 588 g/mol. The van der Waals surface area contributed by atoms with Gasteiger partial charge in [-0.15, -0.1) is 0 Å². The van der Waals surface area contributed by atoms with Crippen molar-refractivity contribution < 1.29 is 29.0 Å². The molecule has 0 aliphatic rings. The monoisotopic (exact) mass is 587 g/mol. The van der Waals surface area contributed by atoms with Crippen LogP contribution in [0.5, 0.6) is 0 Å². The first-order valence-electron chi connectivity index (χ1n) is 14.2. The number of hydrogen-bond donors (Lipinski definition) is 3. The highest BCUT2D eigenvalue weighted by atomic mass is 16.6. The number of ether oxygens (including phenoxy) is 2. The van der Waals surface area contributed by atoms with E-state index in [4.69, 9.17) is 14.5 Å². The molecule has 11 nitrogen and oxygen atoms in total. The van der Waals surface area contributed by atoms with E-state index in [9.17, 15) is 19.5 Å². The lowest BCUT2D eigenvalue weighted by Crippen LogP contribution is -2.40. The Morgan fingerprint density at radius 2 is 1.72 bits per heavy atom. The zero-order valence-electron chi connectivity index (χ0n) is 24.6. The van der Waals surface area contributed by atoms with Gasteiger partial charge in [-0.2, -0.15) is 0 Å². The van der Waals surface area contributed by atoms with E-state index in [-0.39, 0.29) is 12.2 Å². The van der Waals surface area contributed by atoms with E-state index < -0.39 is 23.8 Å². The molecule has 2 aromatic carbocycles. The summed E-state index contributed by atoms with van der Waals surface area (Å²) in [5.74, 6) is -0.466. The molecule has 0 bridgehead atoms. The SMILES string of the molecule is CC(C)(C)OC(=O)N(CCCCNC(=O)OCc1ccccc1)CCNc1nc2cc(C(=O)O)ccc2c2cnccc12. The standard InChI is InChI=1S/C32H37N5O6/c1-32(2,3)43-31(41)37(17-8-7-14-35-30(40)42-21-22-9-5-4-6-10-22)18-16-34-28-25-13-15-33-20-26(25)24-12-11-23(29(38)39)19-27(24)36-28/h4-6,9-13,15,19-20H,7-8,14,16-18,21H2,1-3H3,(H,34,36)(H,35,40)(H,38,39). The number of aromatic carboxylic acids is 1. The normalized spacial score (nSPS) is 11.2. The van der Waals surface area contributed by atoms with E-state index in [1.807, 2.05) is 57.2 Å². The Morgan fingerprint density at radius 3 is 2.47 bits per heavy atom. The largest absolute Gasteiger partial charge is 0.478 e. The van der Waals surface area contributed by atoms with Crippen molar-refractivity contribution in [3.8, 4) is 0 Å². The third kappa shape index (κ3) is 9.03. The molecule has 11 heteroatoms. The number of aromatic nitrogens is 2. The fourth-order valence-electron chi connectivity index (χ4n) is 4.44. The van der Waals surface area contributed by atoms with Gasteiger partial charge in [-0.1, -0.05) is 36.4 Å². The van der Waals surface area contributed by atoms with Gasteiger partial charge in [0.1, 0.15) is 18.0 Å². The summed E-state index contributed by atoms with van der Waals surface area (Å²) >= 11 is 0. The fourth-order valence-corrected chi connectivity index (χ4v) is 4.44. The molecule has 0 saturated carbocycles. The molecule has 0 spiro atoms. The van der Waals surface area contributed by atoms with E-state index in [0.29, 0.717) is 50.4 Å². The molecule has 0 unspecified atom stereocenters. The summed E-state index contributed by atoms with van der Waals surface area (Å²) in [6, 6.07) is 16.1. The maximum atomic E-state index is 13.0. The molecule has 0 aliphatic heterocycles. The third-order valence-electron chi connectivity index (χ3n) is 6.51. The quantitative estimate of drug-likeness (QED) is 0.138. The maximum Gasteiger partial charge on any atom is 0.410 e. The number of fused-ring (bicyclic) bond motifs is 3. The van der Waals surface area contributed by atoms with Crippen LogP contribution in [0.3, 0.4) is 0 Å². The first kappa shape index (κ1) is 31.0. The van der Waals surface area contributed by atoms with Gasteiger partial charge in [0, 0.05) is 54.7 Å². The molecule has 226 valence electrons. The van der Waals surface area contributed by atoms with Crippen molar-refractivity contribution in [1.29, 1.82) is 0 Å². The number of carbonyl (C=O) groups is 3. The van der Waals surface area contributed by atoms with Crippen LogP contribution in [-0.2, 0) is 16.1 Å². The second-order valence-electron chi connectivity index (χ2n) is 11.0. The lowest BCUT2D eigenvalue weighted by molar-refractivity contribution is 0.0254. The van der Waals surface area contributed by atoms with Gasteiger partial charge in [-0.05, 0) is 57.4 Å². The molecule has 2 aromatic heterocycles. The number of hydrogen-bond acceptors (Lipinski definition) is 8. The number of alkyl carbamates (subject to hydrolysis) is 1. The van der Waals surface area contributed by atoms with Gasteiger partial charge >= 0.3 is 18.2 Å². The highest BCUT2D eigenvalue weighted by molar-refractivity contribution is 6.10. The highest BCUT2D eigenvalue weighted by Crippen LogP contribution is 2.29. The zero-order chi connectivity index (χ0) is 30.8. The number of nitrogens with zero attached hydrogens (tertiary/aromatic N) is 3. The number of anilines is 1. The van der Waals surface area contributed by atoms with Crippen LogP contribution in [0.2, 0.25) is 0 Å². The number of nitrogens with one attached hydrogen (secondary N) is 2. The lowest BCUT2D eigenvalue weighted by atomic mass is 10.1. The number of pyridine rings is 2. The summed E-state index contributed by atoms with van der Waals surface area (Å²) in [5.41, 5.74) is 0.927. The Morgan fingerprint density at radius 1 is 0.930 bits per heavy atom. The van der Waals surface area contributed by atoms with E-state index in [1.54, 1.807) is 29.4 Å².